The zero-order valence-electron chi connectivity index (χ0n) is 18.4. The molecule has 0 unspecified atom stereocenters. The topological polar surface area (TPSA) is 73.8 Å². The lowest BCUT2D eigenvalue weighted by molar-refractivity contribution is -0.114. The lowest BCUT2D eigenvalue weighted by Gasteiger charge is -2.20. The molecule has 31 heavy (non-hydrogen) atoms. The summed E-state index contributed by atoms with van der Waals surface area (Å²) in [6.07, 6.45) is 5.97. The number of amidine groups is 2. The van der Waals surface area contributed by atoms with Crippen LogP contribution in [-0.2, 0) is 4.79 Å². The van der Waals surface area contributed by atoms with Gasteiger partial charge in [0.05, 0.1) is 5.57 Å². The molecule has 6 nitrogen and oxygen atoms in total. The van der Waals surface area contributed by atoms with Crippen LogP contribution in [0.5, 0.6) is 0 Å². The van der Waals surface area contributed by atoms with E-state index in [0.29, 0.717) is 5.17 Å². The first-order valence-corrected chi connectivity index (χ1v) is 11.5. The summed E-state index contributed by atoms with van der Waals surface area (Å²) in [5.74, 6) is -0.289. The third-order valence-electron chi connectivity index (χ3n) is 5.52. The Bertz CT molecular complexity index is 1150. The molecule has 0 saturated carbocycles. The number of hydrazone groups is 1. The number of unbranched alkanes of at least 4 members (excludes halogenated alkanes) is 2. The Morgan fingerprint density at radius 1 is 1.16 bits per heavy atom. The van der Waals surface area contributed by atoms with Crippen LogP contribution in [-0.4, -0.2) is 31.5 Å². The van der Waals surface area contributed by atoms with Crippen LogP contribution in [0.1, 0.15) is 55.1 Å². The molecular weight excluding hydrogens is 406 g/mol. The molecule has 3 heterocycles. The molecule has 4 rings (SSSR count). The number of hydrogen-bond donors (Lipinski definition) is 1. The van der Waals surface area contributed by atoms with E-state index in [1.54, 1.807) is 6.08 Å². The van der Waals surface area contributed by atoms with E-state index in [2.05, 4.69) is 46.7 Å². The van der Waals surface area contributed by atoms with Crippen molar-refractivity contribution in [2.75, 3.05) is 0 Å². The Morgan fingerprint density at radius 2 is 1.97 bits per heavy atom. The molecule has 0 aliphatic carbocycles. The molecule has 7 heteroatoms. The Kier molecular flexibility index (Phi) is 5.96. The molecule has 1 aromatic heterocycles. The van der Waals surface area contributed by atoms with Crippen molar-refractivity contribution in [3.8, 4) is 5.69 Å². The van der Waals surface area contributed by atoms with Crippen molar-refractivity contribution in [2.45, 2.75) is 53.4 Å². The maximum atomic E-state index is 12.7. The van der Waals surface area contributed by atoms with E-state index in [9.17, 15) is 4.79 Å². The van der Waals surface area contributed by atoms with Crippen LogP contribution in [0.4, 0.5) is 0 Å². The number of aliphatic imine (C=N–C) groups is 1. The number of nitrogens with zero attached hydrogens (tertiary/aromatic N) is 4. The largest absolute Gasteiger partial charge is 0.318 e. The van der Waals surface area contributed by atoms with Crippen molar-refractivity contribution in [2.24, 2.45) is 10.1 Å². The number of nitrogens with one attached hydrogen (secondary N) is 1. The first-order valence-electron chi connectivity index (χ1n) is 10.6. The quantitative estimate of drug-likeness (QED) is 0.476. The second kappa shape index (κ2) is 8.67. The van der Waals surface area contributed by atoms with E-state index in [1.165, 1.54) is 22.3 Å². The van der Waals surface area contributed by atoms with Crippen LogP contribution < -0.4 is 0 Å². The Labute approximate surface area is 187 Å². The molecule has 2 aliphatic heterocycles. The van der Waals surface area contributed by atoms with Crippen LogP contribution >= 0.6 is 11.8 Å². The number of aryl methyl sites for hydroxylation is 2. The zero-order chi connectivity index (χ0) is 22.1. The van der Waals surface area contributed by atoms with E-state index in [-0.39, 0.29) is 17.3 Å². The van der Waals surface area contributed by atoms with Gasteiger partial charge in [-0.15, -0.1) is 0 Å². The third-order valence-corrected chi connectivity index (χ3v) is 6.49. The van der Waals surface area contributed by atoms with Gasteiger partial charge < -0.3 is 4.57 Å². The fourth-order valence-corrected chi connectivity index (χ4v) is 4.84. The normalized spacial score (nSPS) is 17.3. The van der Waals surface area contributed by atoms with Crippen molar-refractivity contribution in [1.82, 2.24) is 9.58 Å². The first kappa shape index (κ1) is 21.3. The van der Waals surface area contributed by atoms with Crippen LogP contribution in [0.3, 0.4) is 0 Å². The Hall–Kier alpha value is -2.93. The Balaban J connectivity index is 1.65. The average molecular weight is 434 g/mol. The third kappa shape index (κ3) is 4.14. The highest BCUT2D eigenvalue weighted by Gasteiger charge is 2.35. The number of aromatic nitrogens is 1. The number of amides is 1. The van der Waals surface area contributed by atoms with Crippen molar-refractivity contribution in [3.63, 3.8) is 0 Å². The molecule has 0 radical (unpaired) electrons. The van der Waals surface area contributed by atoms with Gasteiger partial charge in [-0.25, -0.2) is 0 Å². The number of rotatable bonds is 6. The van der Waals surface area contributed by atoms with Gasteiger partial charge in [0, 0.05) is 17.1 Å². The SMILES string of the molecule is CCCCCC1=NN2C(=N)/C(=C/c3cc(C)n(-c4cccc(C)c4)c3C)C(=O)N=C2S1. The molecule has 160 valence electrons. The summed E-state index contributed by atoms with van der Waals surface area (Å²) in [4.78, 5) is 17.0. The molecule has 0 atom stereocenters. The van der Waals surface area contributed by atoms with Gasteiger partial charge in [0.1, 0.15) is 5.04 Å². The Morgan fingerprint density at radius 3 is 2.71 bits per heavy atom. The summed E-state index contributed by atoms with van der Waals surface area (Å²) >= 11 is 1.40. The minimum Gasteiger partial charge on any atom is -0.318 e. The number of carbonyl (C=O) groups is 1. The first-order chi connectivity index (χ1) is 14.9. The average Bonchev–Trinajstić information content (AvgIpc) is 3.25. The van der Waals surface area contributed by atoms with Gasteiger partial charge in [-0.3, -0.25) is 10.2 Å². The van der Waals surface area contributed by atoms with Gasteiger partial charge in [-0.05, 0) is 80.8 Å². The predicted molar refractivity (Wildman–Crippen MR) is 129 cm³/mol. The summed E-state index contributed by atoms with van der Waals surface area (Å²) in [7, 11) is 0. The van der Waals surface area contributed by atoms with E-state index in [0.717, 1.165) is 53.4 Å². The van der Waals surface area contributed by atoms with Crippen molar-refractivity contribution in [1.29, 1.82) is 5.41 Å². The molecule has 1 aromatic carbocycles. The second-order valence-electron chi connectivity index (χ2n) is 7.97. The summed E-state index contributed by atoms with van der Waals surface area (Å²) in [5.41, 5.74) is 5.54. The standard InChI is InChI=1S/C24H27N5OS/c1-5-6-7-11-21-27-29-22(25)20(23(30)26-24(29)31-21)14-18-13-16(3)28(17(18)4)19-10-8-9-15(2)12-19/h8-10,12-14,25H,5-7,11H2,1-4H3/b20-14-,25-22?. The number of thioether (sulfide) groups is 1. The summed E-state index contributed by atoms with van der Waals surface area (Å²) < 4.78 is 2.17. The van der Waals surface area contributed by atoms with E-state index in [1.807, 2.05) is 26.0 Å². The number of benzene rings is 1. The summed E-state index contributed by atoms with van der Waals surface area (Å²) in [6.45, 7) is 8.32. The fourth-order valence-electron chi connectivity index (χ4n) is 3.91. The summed E-state index contributed by atoms with van der Waals surface area (Å²) in [5, 5.41) is 16.1. The highest BCUT2D eigenvalue weighted by atomic mass is 32.2. The van der Waals surface area contributed by atoms with Crippen LogP contribution in [0.2, 0.25) is 0 Å². The minimum absolute atomic E-state index is 0.0911. The van der Waals surface area contributed by atoms with Gasteiger partial charge in [0.15, 0.2) is 5.84 Å². The fraction of sp³-hybridized carbons (Fsp3) is 0.333. The minimum atomic E-state index is -0.380. The van der Waals surface area contributed by atoms with Crippen molar-refractivity contribution < 1.29 is 4.79 Å². The molecule has 0 bridgehead atoms. The number of carbonyl (C=O) groups excluding carboxylic acids is 1. The molecule has 2 aromatic rings. The molecule has 0 saturated heterocycles. The molecule has 1 N–H and O–H groups in total. The molecule has 0 spiro atoms. The van der Waals surface area contributed by atoms with Crippen molar-refractivity contribution in [3.05, 3.63) is 58.4 Å². The van der Waals surface area contributed by atoms with Gasteiger partial charge in [-0.1, -0.05) is 31.9 Å². The number of fused-ring (bicyclic) bond motifs is 1. The molecule has 2 aliphatic rings. The van der Waals surface area contributed by atoms with E-state index >= 15 is 0 Å². The lowest BCUT2D eigenvalue weighted by Crippen LogP contribution is -2.35. The van der Waals surface area contributed by atoms with Gasteiger partial charge in [0.25, 0.3) is 5.91 Å². The monoisotopic (exact) mass is 433 g/mol. The van der Waals surface area contributed by atoms with Gasteiger partial charge >= 0.3 is 0 Å². The van der Waals surface area contributed by atoms with Gasteiger partial charge in [0.2, 0.25) is 5.17 Å². The predicted octanol–water partition coefficient (Wildman–Crippen LogP) is 5.60. The van der Waals surface area contributed by atoms with E-state index < -0.39 is 0 Å². The molecular formula is C24H27N5OS. The highest BCUT2D eigenvalue weighted by molar-refractivity contribution is 8.26. The highest BCUT2D eigenvalue weighted by Crippen LogP contribution is 2.31. The lowest BCUT2D eigenvalue weighted by atomic mass is 10.1. The maximum Gasteiger partial charge on any atom is 0.283 e. The zero-order valence-corrected chi connectivity index (χ0v) is 19.2. The van der Waals surface area contributed by atoms with E-state index in [4.69, 9.17) is 5.41 Å². The van der Waals surface area contributed by atoms with Crippen LogP contribution in [0.15, 0.2) is 46.0 Å². The maximum absolute atomic E-state index is 12.7. The van der Waals surface area contributed by atoms with Crippen LogP contribution in [0.25, 0.3) is 11.8 Å². The molecule has 1 amide bonds. The van der Waals surface area contributed by atoms with Gasteiger partial charge in [-0.2, -0.15) is 15.1 Å². The van der Waals surface area contributed by atoms with Crippen molar-refractivity contribution >= 4 is 39.8 Å². The second-order valence-corrected chi connectivity index (χ2v) is 9.01. The number of hydrogen-bond acceptors (Lipinski definition) is 4. The molecule has 0 fully saturated rings. The van der Waals surface area contributed by atoms with Crippen LogP contribution in [0, 0.1) is 26.2 Å². The smallest absolute Gasteiger partial charge is 0.283 e. The summed E-state index contributed by atoms with van der Waals surface area (Å²) in [6, 6.07) is 10.4.